The fourth-order valence-electron chi connectivity index (χ4n) is 2.49. The molecule has 0 radical (unpaired) electrons. The van der Waals surface area contributed by atoms with E-state index in [1.54, 1.807) is 37.3 Å². The van der Waals surface area contributed by atoms with Crippen LogP contribution in [0, 0.1) is 0 Å². The number of rotatable bonds is 7. The van der Waals surface area contributed by atoms with Crippen LogP contribution in [-0.4, -0.2) is 5.91 Å². The molecule has 2 aromatic carbocycles. The van der Waals surface area contributed by atoms with Crippen molar-refractivity contribution in [3.05, 3.63) is 83.1 Å². The zero-order chi connectivity index (χ0) is 21.4. The van der Waals surface area contributed by atoms with Gasteiger partial charge in [-0.2, -0.15) is 13.2 Å². The highest BCUT2D eigenvalue weighted by molar-refractivity contribution is 5.96. The van der Waals surface area contributed by atoms with Crippen molar-refractivity contribution in [2.45, 2.75) is 33.0 Å². The summed E-state index contributed by atoms with van der Waals surface area (Å²) in [5.74, 6) is -0.299. The van der Waals surface area contributed by atoms with Gasteiger partial charge in [0.25, 0.3) is 5.91 Å². The second-order valence-electron chi connectivity index (χ2n) is 6.33. The Balaban J connectivity index is 2.04. The van der Waals surface area contributed by atoms with E-state index in [1.807, 2.05) is 13.0 Å². The Labute approximate surface area is 167 Å². The molecule has 0 fully saturated rings. The minimum atomic E-state index is -4.50. The van der Waals surface area contributed by atoms with Gasteiger partial charge in [0, 0.05) is 12.2 Å². The summed E-state index contributed by atoms with van der Waals surface area (Å²) >= 11 is 0. The molecule has 154 valence electrons. The summed E-state index contributed by atoms with van der Waals surface area (Å²) in [5, 5.41) is 2.77. The molecule has 0 aliphatic heterocycles. The number of ether oxygens (including phenoxy) is 1. The first kappa shape index (κ1) is 22.1. The van der Waals surface area contributed by atoms with Crippen LogP contribution in [0.1, 0.15) is 31.4 Å². The number of nitrogens with two attached hydrogens (primary N) is 1. The van der Waals surface area contributed by atoms with Crippen LogP contribution in [-0.2, 0) is 17.5 Å². The Morgan fingerprint density at radius 2 is 1.79 bits per heavy atom. The molecule has 0 aliphatic rings. The highest BCUT2D eigenvalue weighted by Crippen LogP contribution is 2.37. The summed E-state index contributed by atoms with van der Waals surface area (Å²) in [5.41, 5.74) is 6.50. The van der Waals surface area contributed by atoms with Crippen LogP contribution in [0.3, 0.4) is 0 Å². The number of para-hydroxylation sites is 1. The molecule has 0 saturated carbocycles. The molecule has 29 heavy (non-hydrogen) atoms. The SMILES string of the molecule is CC/C=C\C(C(=O)NCc1ccc(Oc2ccccc2C(F)(F)F)cc1)=C(/C)N. The quantitative estimate of drug-likeness (QED) is 0.485. The third-order valence-electron chi connectivity index (χ3n) is 3.99. The topological polar surface area (TPSA) is 64.3 Å². The van der Waals surface area contributed by atoms with E-state index in [0.29, 0.717) is 11.3 Å². The molecule has 0 atom stereocenters. The average molecular weight is 404 g/mol. The lowest BCUT2D eigenvalue weighted by atomic mass is 10.1. The largest absolute Gasteiger partial charge is 0.457 e. The standard InChI is InChI=1S/C22H23F3N2O2/c1-3-4-7-18(15(2)26)21(28)27-14-16-10-12-17(13-11-16)29-20-9-6-5-8-19(20)22(23,24)25/h4-13H,3,14,26H2,1-2H3,(H,27,28)/b7-4-,18-15-. The third kappa shape index (κ3) is 6.41. The van der Waals surface area contributed by atoms with Crippen molar-refractivity contribution < 1.29 is 22.7 Å². The smallest absolute Gasteiger partial charge is 0.419 e. The molecule has 0 aliphatic carbocycles. The van der Waals surface area contributed by atoms with Gasteiger partial charge < -0.3 is 15.8 Å². The van der Waals surface area contributed by atoms with E-state index in [1.165, 1.54) is 18.2 Å². The van der Waals surface area contributed by atoms with Crippen LogP contribution >= 0.6 is 0 Å². The first-order chi connectivity index (χ1) is 13.7. The van der Waals surface area contributed by atoms with Gasteiger partial charge in [-0.25, -0.2) is 0 Å². The Bertz CT molecular complexity index is 897. The van der Waals surface area contributed by atoms with Crippen molar-refractivity contribution in [3.8, 4) is 11.5 Å². The minimum Gasteiger partial charge on any atom is -0.457 e. The number of amides is 1. The molecular weight excluding hydrogens is 381 g/mol. The summed E-state index contributed by atoms with van der Waals surface area (Å²) in [6.07, 6.45) is -0.196. The van der Waals surface area contributed by atoms with Gasteiger partial charge in [0.2, 0.25) is 0 Å². The Kier molecular flexibility index (Phi) is 7.47. The lowest BCUT2D eigenvalue weighted by Gasteiger charge is -2.13. The molecule has 3 N–H and O–H groups in total. The Morgan fingerprint density at radius 3 is 2.38 bits per heavy atom. The molecule has 7 heteroatoms. The van der Waals surface area contributed by atoms with E-state index < -0.39 is 11.7 Å². The van der Waals surface area contributed by atoms with Crippen LogP contribution in [0.4, 0.5) is 13.2 Å². The maximum absolute atomic E-state index is 13.1. The van der Waals surface area contributed by atoms with Gasteiger partial charge in [-0.3, -0.25) is 4.79 Å². The third-order valence-corrected chi connectivity index (χ3v) is 3.99. The maximum atomic E-state index is 13.1. The highest BCUT2D eigenvalue weighted by atomic mass is 19.4. The van der Waals surface area contributed by atoms with Gasteiger partial charge in [0.05, 0.1) is 11.1 Å². The van der Waals surface area contributed by atoms with Crippen LogP contribution in [0.25, 0.3) is 0 Å². The van der Waals surface area contributed by atoms with Crippen molar-refractivity contribution in [2.75, 3.05) is 0 Å². The van der Waals surface area contributed by atoms with E-state index >= 15 is 0 Å². The van der Waals surface area contributed by atoms with Crippen LogP contribution in [0.2, 0.25) is 0 Å². The van der Waals surface area contributed by atoms with E-state index in [0.717, 1.165) is 18.1 Å². The number of hydrogen-bond acceptors (Lipinski definition) is 3. The van der Waals surface area contributed by atoms with Gasteiger partial charge in [-0.05, 0) is 43.2 Å². The van der Waals surface area contributed by atoms with Crippen molar-refractivity contribution in [1.82, 2.24) is 5.32 Å². The number of benzene rings is 2. The molecule has 2 rings (SSSR count). The number of alkyl halides is 3. The second-order valence-corrected chi connectivity index (χ2v) is 6.33. The summed E-state index contributed by atoms with van der Waals surface area (Å²) in [7, 11) is 0. The van der Waals surface area contributed by atoms with Crippen molar-refractivity contribution in [3.63, 3.8) is 0 Å². The van der Waals surface area contributed by atoms with Crippen LogP contribution < -0.4 is 15.8 Å². The molecule has 0 bridgehead atoms. The number of halogens is 3. The van der Waals surface area contributed by atoms with Gasteiger partial charge in [-0.1, -0.05) is 43.3 Å². The maximum Gasteiger partial charge on any atom is 0.419 e. The first-order valence-corrected chi connectivity index (χ1v) is 9.06. The van der Waals surface area contributed by atoms with Gasteiger partial charge in [-0.15, -0.1) is 0 Å². The highest BCUT2D eigenvalue weighted by Gasteiger charge is 2.34. The van der Waals surface area contributed by atoms with E-state index in [4.69, 9.17) is 10.5 Å². The molecule has 2 aromatic rings. The van der Waals surface area contributed by atoms with Gasteiger partial charge >= 0.3 is 6.18 Å². The first-order valence-electron chi connectivity index (χ1n) is 9.06. The lowest BCUT2D eigenvalue weighted by Crippen LogP contribution is -2.25. The van der Waals surface area contributed by atoms with Gasteiger partial charge in [0.15, 0.2) is 0 Å². The Morgan fingerprint density at radius 1 is 1.14 bits per heavy atom. The predicted molar refractivity (Wildman–Crippen MR) is 106 cm³/mol. The van der Waals surface area contributed by atoms with E-state index in [2.05, 4.69) is 5.32 Å². The number of carbonyl (C=O) groups is 1. The molecule has 0 aromatic heterocycles. The summed E-state index contributed by atoms with van der Waals surface area (Å²) in [6.45, 7) is 3.85. The number of nitrogens with one attached hydrogen (secondary N) is 1. The number of allylic oxidation sites excluding steroid dienone is 2. The molecule has 0 saturated heterocycles. The van der Waals surface area contributed by atoms with Crippen molar-refractivity contribution in [2.24, 2.45) is 5.73 Å². The van der Waals surface area contributed by atoms with E-state index in [9.17, 15) is 18.0 Å². The zero-order valence-electron chi connectivity index (χ0n) is 16.2. The fourth-order valence-corrected chi connectivity index (χ4v) is 2.49. The number of hydrogen-bond donors (Lipinski definition) is 2. The summed E-state index contributed by atoms with van der Waals surface area (Å²) in [4.78, 5) is 12.3. The predicted octanol–water partition coefficient (Wildman–Crippen LogP) is 5.31. The Hall–Kier alpha value is -3.22. The molecule has 0 heterocycles. The molecule has 0 spiro atoms. The second kappa shape index (κ2) is 9.82. The molecule has 1 amide bonds. The van der Waals surface area contributed by atoms with Crippen molar-refractivity contribution >= 4 is 5.91 Å². The monoisotopic (exact) mass is 404 g/mol. The molecule has 4 nitrogen and oxygen atoms in total. The van der Waals surface area contributed by atoms with Crippen LogP contribution in [0.15, 0.2) is 72.0 Å². The zero-order valence-corrected chi connectivity index (χ0v) is 16.2. The van der Waals surface area contributed by atoms with E-state index in [-0.39, 0.29) is 24.0 Å². The van der Waals surface area contributed by atoms with Crippen LogP contribution in [0.5, 0.6) is 11.5 Å². The van der Waals surface area contributed by atoms with Crippen molar-refractivity contribution in [1.29, 1.82) is 0 Å². The molecular formula is C22H23F3N2O2. The summed E-state index contributed by atoms with van der Waals surface area (Å²) < 4.78 is 44.5. The molecule has 0 unspecified atom stereocenters. The minimum absolute atomic E-state index is 0.245. The number of carbonyl (C=O) groups excluding carboxylic acids is 1. The summed E-state index contributed by atoms with van der Waals surface area (Å²) in [6, 6.07) is 11.5. The average Bonchev–Trinajstić information content (AvgIpc) is 2.67. The normalized spacial score (nSPS) is 12.6. The van der Waals surface area contributed by atoms with Gasteiger partial charge in [0.1, 0.15) is 11.5 Å². The lowest BCUT2D eigenvalue weighted by molar-refractivity contribution is -0.138. The fraction of sp³-hybridized carbons (Fsp3) is 0.227.